The molecule has 5 rings (SSSR count). The molecule has 0 spiro atoms. The fraction of sp³-hybridized carbons (Fsp3) is 0.189. The van der Waals surface area contributed by atoms with Crippen LogP contribution in [0, 0.1) is 0 Å². The quantitative estimate of drug-likeness (QED) is 0.105. The summed E-state index contributed by atoms with van der Waals surface area (Å²) in [7, 11) is 0. The second kappa shape index (κ2) is 16.0. The lowest BCUT2D eigenvalue weighted by Crippen LogP contribution is -2.45. The number of nitrogens with one attached hydrogen (secondary N) is 2. The van der Waals surface area contributed by atoms with Crippen LogP contribution in [0.15, 0.2) is 127 Å². The molecule has 0 aliphatic carbocycles. The zero-order valence-electron chi connectivity index (χ0n) is 25.4. The second-order valence-corrected chi connectivity index (χ2v) is 12.5. The molecule has 0 bridgehead atoms. The number of nitrogens with zero attached hydrogens (tertiary/aromatic N) is 1. The standard InChI is InChI=1S/C37H35N3O4S2/c1-2-44-36(43)32(40-35(42)31-25-45-33(39-31)23-24-38-34(41)27-15-7-3-8-16-27)26-46-37(28-17-9-4-10-18-28,29-19-11-5-12-20-29)30-21-13-6-14-22-30/h3-22,25,32H,2,23-24,26H2,1H3,(H,38,41)(H,40,42). The van der Waals surface area contributed by atoms with Gasteiger partial charge >= 0.3 is 5.97 Å². The van der Waals surface area contributed by atoms with E-state index in [-0.39, 0.29) is 24.0 Å². The summed E-state index contributed by atoms with van der Waals surface area (Å²) in [5.41, 5.74) is 3.95. The average Bonchev–Trinajstić information content (AvgIpc) is 3.59. The molecule has 46 heavy (non-hydrogen) atoms. The SMILES string of the molecule is CCOC(=O)C(CSC(c1ccccc1)(c1ccccc1)c1ccccc1)NC(=O)c1csc(CCNC(=O)c2ccccc2)n1. The fourth-order valence-electron chi connectivity index (χ4n) is 5.13. The van der Waals surface area contributed by atoms with Crippen LogP contribution in [-0.4, -0.2) is 47.7 Å². The molecule has 9 heteroatoms. The number of aromatic nitrogens is 1. The molecule has 0 fully saturated rings. The Morgan fingerprint density at radius 1 is 0.783 bits per heavy atom. The van der Waals surface area contributed by atoms with Crippen LogP contribution in [0.4, 0.5) is 0 Å². The van der Waals surface area contributed by atoms with E-state index in [0.717, 1.165) is 16.7 Å². The second-order valence-electron chi connectivity index (χ2n) is 10.4. The van der Waals surface area contributed by atoms with Gasteiger partial charge in [-0.25, -0.2) is 9.78 Å². The summed E-state index contributed by atoms with van der Waals surface area (Å²) < 4.78 is 4.75. The molecule has 0 saturated carbocycles. The van der Waals surface area contributed by atoms with E-state index in [1.165, 1.54) is 11.3 Å². The van der Waals surface area contributed by atoms with Crippen LogP contribution in [0.1, 0.15) is 49.5 Å². The van der Waals surface area contributed by atoms with Crippen LogP contribution >= 0.6 is 23.1 Å². The Morgan fingerprint density at radius 3 is 1.83 bits per heavy atom. The van der Waals surface area contributed by atoms with Gasteiger partial charge in [0.25, 0.3) is 11.8 Å². The number of benzene rings is 4. The Balaban J connectivity index is 1.34. The topological polar surface area (TPSA) is 97.4 Å². The van der Waals surface area contributed by atoms with Gasteiger partial charge in [-0.3, -0.25) is 9.59 Å². The Labute approximate surface area is 277 Å². The van der Waals surface area contributed by atoms with Gasteiger partial charge in [0.2, 0.25) is 0 Å². The van der Waals surface area contributed by atoms with Gasteiger partial charge in [-0.15, -0.1) is 23.1 Å². The molecule has 1 unspecified atom stereocenters. The van der Waals surface area contributed by atoms with E-state index in [1.54, 1.807) is 36.2 Å². The summed E-state index contributed by atoms with van der Waals surface area (Å²) in [5, 5.41) is 8.15. The highest BCUT2D eigenvalue weighted by Gasteiger charge is 2.39. The van der Waals surface area contributed by atoms with Gasteiger partial charge in [0.05, 0.1) is 16.4 Å². The van der Waals surface area contributed by atoms with Crippen LogP contribution in [-0.2, 0) is 20.7 Å². The van der Waals surface area contributed by atoms with Crippen molar-refractivity contribution in [2.45, 2.75) is 24.1 Å². The van der Waals surface area contributed by atoms with Crippen molar-refractivity contribution < 1.29 is 19.1 Å². The van der Waals surface area contributed by atoms with E-state index in [2.05, 4.69) is 52.0 Å². The highest BCUT2D eigenvalue weighted by atomic mass is 32.2. The molecule has 0 radical (unpaired) electrons. The van der Waals surface area contributed by atoms with Gasteiger partial charge in [-0.2, -0.15) is 0 Å². The molecule has 2 N–H and O–H groups in total. The van der Waals surface area contributed by atoms with Crippen LogP contribution in [0.2, 0.25) is 0 Å². The number of esters is 1. The maximum Gasteiger partial charge on any atom is 0.329 e. The van der Waals surface area contributed by atoms with Gasteiger partial charge in [-0.1, -0.05) is 109 Å². The zero-order chi connectivity index (χ0) is 32.2. The van der Waals surface area contributed by atoms with Crippen LogP contribution in [0.3, 0.4) is 0 Å². The molecule has 5 aromatic rings. The first-order chi connectivity index (χ1) is 22.5. The number of amides is 2. The van der Waals surface area contributed by atoms with Crippen LogP contribution in [0.25, 0.3) is 0 Å². The lowest BCUT2D eigenvalue weighted by Gasteiger charge is -2.36. The van der Waals surface area contributed by atoms with Crippen LogP contribution < -0.4 is 10.6 Å². The third-order valence-corrected chi connectivity index (χ3v) is 9.88. The molecule has 0 aliphatic rings. The Bertz CT molecular complexity index is 1620. The Kier molecular flexibility index (Phi) is 11.4. The minimum absolute atomic E-state index is 0.164. The van der Waals surface area contributed by atoms with Crippen LogP contribution in [0.5, 0.6) is 0 Å². The van der Waals surface area contributed by atoms with Crippen molar-refractivity contribution in [3.05, 3.63) is 160 Å². The monoisotopic (exact) mass is 649 g/mol. The predicted molar refractivity (Wildman–Crippen MR) is 184 cm³/mol. The van der Waals surface area contributed by atoms with Gasteiger partial charge in [0.15, 0.2) is 0 Å². The number of carbonyl (C=O) groups is 3. The molecular formula is C37H35N3O4S2. The van der Waals surface area contributed by atoms with Crippen molar-refractivity contribution >= 4 is 40.9 Å². The summed E-state index contributed by atoms with van der Waals surface area (Å²) in [6.45, 7) is 2.31. The maximum atomic E-state index is 13.4. The van der Waals surface area contributed by atoms with Crippen molar-refractivity contribution in [3.63, 3.8) is 0 Å². The molecule has 1 aromatic heterocycles. The molecule has 4 aromatic carbocycles. The lowest BCUT2D eigenvalue weighted by atomic mass is 9.84. The van der Waals surface area contributed by atoms with Crippen molar-refractivity contribution in [1.82, 2.24) is 15.6 Å². The first-order valence-electron chi connectivity index (χ1n) is 15.1. The minimum atomic E-state index is -0.928. The number of thiazole rings is 1. The maximum absolute atomic E-state index is 13.4. The number of carbonyl (C=O) groups excluding carboxylic acids is 3. The molecule has 1 atom stereocenters. The third kappa shape index (κ3) is 7.91. The van der Waals surface area contributed by atoms with Gasteiger partial charge < -0.3 is 15.4 Å². The number of hydrogen-bond acceptors (Lipinski definition) is 7. The van der Waals surface area contributed by atoms with Crippen molar-refractivity contribution in [1.29, 1.82) is 0 Å². The summed E-state index contributed by atoms with van der Waals surface area (Å²) in [4.78, 5) is 43.5. The predicted octanol–water partition coefficient (Wildman–Crippen LogP) is 6.50. The summed E-state index contributed by atoms with van der Waals surface area (Å²) in [6, 6.07) is 38.6. The van der Waals surface area contributed by atoms with Gasteiger partial charge in [0.1, 0.15) is 11.7 Å². The van der Waals surface area contributed by atoms with E-state index in [9.17, 15) is 14.4 Å². The van der Waals surface area contributed by atoms with Crippen molar-refractivity contribution in [2.24, 2.45) is 0 Å². The number of ether oxygens (including phenoxy) is 1. The molecule has 0 saturated heterocycles. The summed E-state index contributed by atoms with van der Waals surface area (Å²) in [5.74, 6) is -0.890. The highest BCUT2D eigenvalue weighted by Crippen LogP contribution is 2.48. The number of rotatable bonds is 14. The van der Waals surface area contributed by atoms with Gasteiger partial charge in [0, 0.05) is 29.7 Å². The molecule has 1 heterocycles. The largest absolute Gasteiger partial charge is 0.464 e. The first kappa shape index (κ1) is 32.7. The van der Waals surface area contributed by atoms with Crippen molar-refractivity contribution in [3.8, 4) is 0 Å². The first-order valence-corrected chi connectivity index (χ1v) is 16.9. The Morgan fingerprint density at radius 2 is 1.30 bits per heavy atom. The van der Waals surface area contributed by atoms with E-state index in [4.69, 9.17) is 4.74 Å². The van der Waals surface area contributed by atoms with E-state index in [1.807, 2.05) is 72.8 Å². The molecule has 234 valence electrons. The van der Waals surface area contributed by atoms with E-state index < -0.39 is 22.7 Å². The molecular weight excluding hydrogens is 615 g/mol. The summed E-state index contributed by atoms with van der Waals surface area (Å²) in [6.07, 6.45) is 0.474. The van der Waals surface area contributed by atoms with Gasteiger partial charge in [-0.05, 0) is 35.7 Å². The normalized spacial score (nSPS) is 11.8. The average molecular weight is 650 g/mol. The zero-order valence-corrected chi connectivity index (χ0v) is 27.1. The number of thioether (sulfide) groups is 1. The Hall–Kier alpha value is -4.73. The van der Waals surface area contributed by atoms with E-state index in [0.29, 0.717) is 23.5 Å². The minimum Gasteiger partial charge on any atom is -0.464 e. The molecule has 0 aliphatic heterocycles. The number of hydrogen-bond donors (Lipinski definition) is 2. The molecule has 2 amide bonds. The smallest absolute Gasteiger partial charge is 0.329 e. The fourth-order valence-corrected chi connectivity index (χ4v) is 7.45. The highest BCUT2D eigenvalue weighted by molar-refractivity contribution is 8.00. The van der Waals surface area contributed by atoms with E-state index >= 15 is 0 Å². The molecule has 7 nitrogen and oxygen atoms in total. The van der Waals surface area contributed by atoms with Crippen molar-refractivity contribution in [2.75, 3.05) is 18.9 Å². The third-order valence-electron chi connectivity index (χ3n) is 7.33. The lowest BCUT2D eigenvalue weighted by molar-refractivity contribution is -0.144. The summed E-state index contributed by atoms with van der Waals surface area (Å²) >= 11 is 2.91.